The molecule has 2 aromatic heterocycles. The van der Waals surface area contributed by atoms with E-state index in [9.17, 15) is 9.18 Å². The van der Waals surface area contributed by atoms with Crippen LogP contribution in [0.15, 0.2) is 50.8 Å². The van der Waals surface area contributed by atoms with Crippen molar-refractivity contribution in [1.29, 1.82) is 0 Å². The number of aryl methyl sites for hydroxylation is 1. The molecule has 1 amide bonds. The van der Waals surface area contributed by atoms with Crippen molar-refractivity contribution in [2.45, 2.75) is 19.4 Å². The van der Waals surface area contributed by atoms with Crippen LogP contribution < -0.4 is 5.32 Å². The van der Waals surface area contributed by atoms with Crippen LogP contribution in [0, 0.1) is 5.82 Å². The van der Waals surface area contributed by atoms with Gasteiger partial charge in [0.15, 0.2) is 11.7 Å². The summed E-state index contributed by atoms with van der Waals surface area (Å²) >= 11 is 4.97. The zero-order valence-electron chi connectivity index (χ0n) is 12.6. The van der Waals surface area contributed by atoms with E-state index >= 15 is 0 Å². The Morgan fingerprint density at radius 1 is 1.33 bits per heavy atom. The molecule has 124 valence electrons. The number of amides is 1. The molecule has 7 heteroatoms. The van der Waals surface area contributed by atoms with Crippen LogP contribution in [-0.2, 0) is 17.8 Å². The number of thiophene rings is 1. The van der Waals surface area contributed by atoms with Gasteiger partial charge >= 0.3 is 0 Å². The fourth-order valence-corrected chi connectivity index (χ4v) is 3.51. The first kappa shape index (κ1) is 16.9. The van der Waals surface area contributed by atoms with Crippen molar-refractivity contribution in [3.8, 4) is 11.3 Å². The summed E-state index contributed by atoms with van der Waals surface area (Å²) in [6.45, 7) is 0.515. The van der Waals surface area contributed by atoms with Crippen molar-refractivity contribution in [3.05, 3.63) is 63.0 Å². The van der Waals surface area contributed by atoms with Crippen molar-refractivity contribution in [1.82, 2.24) is 10.3 Å². The summed E-state index contributed by atoms with van der Waals surface area (Å²) in [7, 11) is 0. The van der Waals surface area contributed by atoms with Gasteiger partial charge in [-0.3, -0.25) is 4.79 Å². The Hall–Kier alpha value is -1.99. The maximum atomic E-state index is 12.9. The lowest BCUT2D eigenvalue weighted by Crippen LogP contribution is -2.22. The van der Waals surface area contributed by atoms with E-state index in [0.717, 1.165) is 14.9 Å². The molecular formula is C17H14BrFN2O2S. The predicted molar refractivity (Wildman–Crippen MR) is 94.1 cm³/mol. The third-order valence-corrected chi connectivity index (χ3v) is 5.03. The van der Waals surface area contributed by atoms with Crippen LogP contribution in [0.25, 0.3) is 11.3 Å². The summed E-state index contributed by atoms with van der Waals surface area (Å²) in [6.07, 6.45) is 2.31. The molecule has 0 aliphatic carbocycles. The number of nitrogens with zero attached hydrogens (tertiary/aromatic N) is 1. The summed E-state index contributed by atoms with van der Waals surface area (Å²) in [6, 6.07) is 7.98. The summed E-state index contributed by atoms with van der Waals surface area (Å²) in [5, 5.41) is 4.84. The molecule has 4 nitrogen and oxygen atoms in total. The van der Waals surface area contributed by atoms with Gasteiger partial charge in [0.2, 0.25) is 5.91 Å². The van der Waals surface area contributed by atoms with Gasteiger partial charge in [-0.1, -0.05) is 0 Å². The smallest absolute Gasteiger partial charge is 0.220 e. The Kier molecular flexibility index (Phi) is 5.42. The molecular weight excluding hydrogens is 395 g/mol. The monoisotopic (exact) mass is 408 g/mol. The van der Waals surface area contributed by atoms with Gasteiger partial charge in [0.25, 0.3) is 0 Å². The first-order valence-electron chi connectivity index (χ1n) is 7.30. The van der Waals surface area contributed by atoms with E-state index in [2.05, 4.69) is 26.2 Å². The highest BCUT2D eigenvalue weighted by atomic mass is 79.9. The Balaban J connectivity index is 1.49. The maximum absolute atomic E-state index is 12.9. The zero-order chi connectivity index (χ0) is 16.9. The van der Waals surface area contributed by atoms with E-state index < -0.39 is 0 Å². The van der Waals surface area contributed by atoms with Crippen molar-refractivity contribution >= 4 is 33.2 Å². The number of benzene rings is 1. The maximum Gasteiger partial charge on any atom is 0.220 e. The number of nitrogens with one attached hydrogen (secondary N) is 1. The first-order valence-corrected chi connectivity index (χ1v) is 8.97. The molecule has 0 bridgehead atoms. The largest absolute Gasteiger partial charge is 0.441 e. The van der Waals surface area contributed by atoms with Crippen LogP contribution in [0.4, 0.5) is 4.39 Å². The van der Waals surface area contributed by atoms with Crippen LogP contribution in [-0.4, -0.2) is 10.9 Å². The van der Waals surface area contributed by atoms with Crippen LogP contribution >= 0.6 is 27.3 Å². The van der Waals surface area contributed by atoms with E-state index in [0.29, 0.717) is 31.0 Å². The lowest BCUT2D eigenvalue weighted by atomic mass is 10.2. The second-order valence-electron chi connectivity index (χ2n) is 5.13. The van der Waals surface area contributed by atoms with Gasteiger partial charge < -0.3 is 9.73 Å². The Bertz CT molecular complexity index is 829. The first-order chi connectivity index (χ1) is 11.6. The van der Waals surface area contributed by atoms with Crippen LogP contribution in [0.5, 0.6) is 0 Å². The highest BCUT2D eigenvalue weighted by molar-refractivity contribution is 9.10. The highest BCUT2D eigenvalue weighted by Crippen LogP contribution is 2.21. The fourth-order valence-electron chi connectivity index (χ4n) is 2.11. The second-order valence-corrected chi connectivity index (χ2v) is 7.04. The molecule has 0 unspecified atom stereocenters. The zero-order valence-corrected chi connectivity index (χ0v) is 15.0. The average molecular weight is 409 g/mol. The molecule has 0 atom stereocenters. The van der Waals surface area contributed by atoms with E-state index in [1.165, 1.54) is 12.1 Å². The lowest BCUT2D eigenvalue weighted by molar-refractivity contribution is -0.121. The molecule has 3 rings (SSSR count). The second kappa shape index (κ2) is 7.72. The molecule has 24 heavy (non-hydrogen) atoms. The fraction of sp³-hybridized carbons (Fsp3) is 0.176. The van der Waals surface area contributed by atoms with Crippen LogP contribution in [0.3, 0.4) is 0 Å². The van der Waals surface area contributed by atoms with E-state index in [-0.39, 0.29) is 11.7 Å². The van der Waals surface area contributed by atoms with Gasteiger partial charge in [0, 0.05) is 33.1 Å². The molecule has 0 saturated heterocycles. The number of oxazole rings is 1. The van der Waals surface area contributed by atoms with E-state index in [1.807, 2.05) is 11.4 Å². The summed E-state index contributed by atoms with van der Waals surface area (Å²) in [5.41, 5.74) is 0.753. The Morgan fingerprint density at radius 3 is 2.83 bits per heavy atom. The minimum atomic E-state index is -0.298. The molecule has 0 spiro atoms. The van der Waals surface area contributed by atoms with Gasteiger partial charge in [-0.2, -0.15) is 0 Å². The van der Waals surface area contributed by atoms with Crippen molar-refractivity contribution in [2.75, 3.05) is 0 Å². The van der Waals surface area contributed by atoms with Crippen LogP contribution in [0.2, 0.25) is 0 Å². The van der Waals surface area contributed by atoms with Crippen LogP contribution in [0.1, 0.15) is 17.2 Å². The summed E-state index contributed by atoms with van der Waals surface area (Å²) in [5.74, 6) is 0.700. The molecule has 3 aromatic rings. The molecule has 0 saturated carbocycles. The van der Waals surface area contributed by atoms with Gasteiger partial charge in [-0.15, -0.1) is 11.3 Å². The summed E-state index contributed by atoms with van der Waals surface area (Å²) < 4.78 is 19.5. The van der Waals surface area contributed by atoms with Gasteiger partial charge in [-0.25, -0.2) is 9.37 Å². The van der Waals surface area contributed by atoms with Crippen molar-refractivity contribution < 1.29 is 13.6 Å². The van der Waals surface area contributed by atoms with E-state index in [1.54, 1.807) is 29.7 Å². The average Bonchev–Trinajstić information content (AvgIpc) is 3.21. The van der Waals surface area contributed by atoms with Gasteiger partial charge in [-0.05, 0) is 46.3 Å². The van der Waals surface area contributed by atoms with Gasteiger partial charge in [0.05, 0.1) is 12.7 Å². The van der Waals surface area contributed by atoms with Gasteiger partial charge in [0.1, 0.15) is 5.82 Å². The van der Waals surface area contributed by atoms with Crippen molar-refractivity contribution in [2.24, 2.45) is 0 Å². The predicted octanol–water partition coefficient (Wildman–Crippen LogP) is 4.55. The normalized spacial score (nSPS) is 10.8. The third-order valence-electron chi connectivity index (χ3n) is 3.33. The number of aromatic nitrogens is 1. The van der Waals surface area contributed by atoms with Crippen molar-refractivity contribution in [3.63, 3.8) is 0 Å². The number of carbonyl (C=O) groups excluding carboxylic acids is 1. The lowest BCUT2D eigenvalue weighted by Gasteiger charge is -2.02. The number of halogens is 2. The number of rotatable bonds is 6. The quantitative estimate of drug-likeness (QED) is 0.650. The summed E-state index contributed by atoms with van der Waals surface area (Å²) in [4.78, 5) is 17.1. The SMILES string of the molecule is O=C(CCc1ncc(-c2ccc(F)cc2)o1)NCc1cc(Br)cs1. The molecule has 0 aliphatic heterocycles. The number of carbonyl (C=O) groups is 1. The van der Waals surface area contributed by atoms with E-state index in [4.69, 9.17) is 4.42 Å². The minimum absolute atomic E-state index is 0.0546. The minimum Gasteiger partial charge on any atom is -0.441 e. The Morgan fingerprint density at radius 2 is 2.12 bits per heavy atom. The Labute approximate surface area is 150 Å². The standard InChI is InChI=1S/C17H14BrFN2O2S/c18-12-7-14(24-10-12)8-20-16(22)5-6-17-21-9-15(23-17)11-1-3-13(19)4-2-11/h1-4,7,9-10H,5-6,8H2,(H,20,22). The molecule has 1 aromatic carbocycles. The third kappa shape index (κ3) is 4.52. The number of hydrogen-bond acceptors (Lipinski definition) is 4. The highest BCUT2D eigenvalue weighted by Gasteiger charge is 2.09. The molecule has 1 N–H and O–H groups in total. The molecule has 2 heterocycles. The molecule has 0 fully saturated rings. The number of hydrogen-bond donors (Lipinski definition) is 1. The molecule has 0 aliphatic rings. The topological polar surface area (TPSA) is 55.1 Å². The molecule has 0 radical (unpaired) electrons.